The molecule has 0 aliphatic rings. The second kappa shape index (κ2) is 4.47. The molecule has 1 nitrogen and oxygen atoms in total. The number of benzene rings is 1. The molecule has 0 N–H and O–H groups in total. The molecule has 82 valence electrons. The number of rotatable bonds is 2. The van der Waals surface area contributed by atoms with Gasteiger partial charge in [-0.2, -0.15) is 13.2 Å². The Hall–Kier alpha value is -1.32. The second-order valence-corrected chi connectivity index (χ2v) is 3.30. The third kappa shape index (κ3) is 3.38. The molecular formula is C11H12F3N. The number of aliphatic imine (C=N–C) groups is 1. The van der Waals surface area contributed by atoms with Gasteiger partial charge < -0.3 is 0 Å². The lowest BCUT2D eigenvalue weighted by Gasteiger charge is -2.10. The van der Waals surface area contributed by atoms with Crippen molar-refractivity contribution in [3.05, 3.63) is 35.9 Å². The Morgan fingerprint density at radius 3 is 2.20 bits per heavy atom. The fraction of sp³-hybridized carbons (Fsp3) is 0.364. The third-order valence-corrected chi connectivity index (χ3v) is 2.08. The van der Waals surface area contributed by atoms with Crippen molar-refractivity contribution in [2.24, 2.45) is 4.99 Å². The monoisotopic (exact) mass is 215 g/mol. The standard InChI is InChI=1S/C11H12F3N/c1-8(10-6-4-3-5-7-10)15-9(2)11(12,13)14/h3-8H,1-2H3/b15-9+. The van der Waals surface area contributed by atoms with Crippen LogP contribution in [0.25, 0.3) is 0 Å². The van der Waals surface area contributed by atoms with E-state index in [0.717, 1.165) is 12.5 Å². The molecule has 0 aliphatic heterocycles. The topological polar surface area (TPSA) is 12.4 Å². The average Bonchev–Trinajstić information content (AvgIpc) is 2.17. The molecule has 0 spiro atoms. The van der Waals surface area contributed by atoms with Crippen LogP contribution in [0.1, 0.15) is 25.5 Å². The van der Waals surface area contributed by atoms with E-state index in [1.54, 1.807) is 31.2 Å². The molecule has 15 heavy (non-hydrogen) atoms. The van der Waals surface area contributed by atoms with Crippen LogP contribution in [0.15, 0.2) is 35.3 Å². The summed E-state index contributed by atoms with van der Waals surface area (Å²) in [7, 11) is 0. The van der Waals surface area contributed by atoms with Crippen LogP contribution in [0.5, 0.6) is 0 Å². The molecule has 0 heterocycles. The predicted octanol–water partition coefficient (Wildman–Crippen LogP) is 3.77. The first-order chi connectivity index (χ1) is 6.91. The zero-order chi connectivity index (χ0) is 11.5. The summed E-state index contributed by atoms with van der Waals surface area (Å²) in [6.07, 6.45) is -4.33. The van der Waals surface area contributed by atoms with E-state index in [9.17, 15) is 13.2 Å². The number of halogens is 3. The van der Waals surface area contributed by atoms with E-state index < -0.39 is 17.9 Å². The molecule has 1 rings (SSSR count). The molecule has 0 radical (unpaired) electrons. The summed E-state index contributed by atoms with van der Waals surface area (Å²) in [6, 6.07) is 8.44. The van der Waals surface area contributed by atoms with E-state index >= 15 is 0 Å². The maximum Gasteiger partial charge on any atom is 0.428 e. The van der Waals surface area contributed by atoms with E-state index in [1.165, 1.54) is 0 Å². The quantitative estimate of drug-likeness (QED) is 0.666. The SMILES string of the molecule is C/C(=N\C(C)c1ccccc1)C(F)(F)F. The van der Waals surface area contributed by atoms with Crippen LogP contribution in [-0.4, -0.2) is 11.9 Å². The molecule has 1 aromatic carbocycles. The fourth-order valence-electron chi connectivity index (χ4n) is 1.17. The minimum atomic E-state index is -4.33. The molecule has 0 aromatic heterocycles. The zero-order valence-corrected chi connectivity index (χ0v) is 8.55. The molecule has 0 saturated carbocycles. The number of alkyl halides is 3. The van der Waals surface area contributed by atoms with Crippen molar-refractivity contribution in [3.63, 3.8) is 0 Å². The summed E-state index contributed by atoms with van der Waals surface area (Å²) in [5.41, 5.74) is -0.0139. The smallest absolute Gasteiger partial charge is 0.277 e. The molecule has 1 atom stereocenters. The number of hydrogen-bond donors (Lipinski definition) is 0. The van der Waals surface area contributed by atoms with Crippen molar-refractivity contribution in [1.82, 2.24) is 0 Å². The van der Waals surface area contributed by atoms with Crippen LogP contribution in [0.3, 0.4) is 0 Å². The van der Waals surface area contributed by atoms with E-state index in [1.807, 2.05) is 6.07 Å². The van der Waals surface area contributed by atoms with Crippen LogP contribution >= 0.6 is 0 Å². The van der Waals surface area contributed by atoms with Gasteiger partial charge in [-0.05, 0) is 19.4 Å². The van der Waals surface area contributed by atoms with Gasteiger partial charge >= 0.3 is 6.18 Å². The Balaban J connectivity index is 2.84. The Morgan fingerprint density at radius 2 is 1.73 bits per heavy atom. The van der Waals surface area contributed by atoms with Gasteiger partial charge in [0.25, 0.3) is 0 Å². The van der Waals surface area contributed by atoms with E-state index in [-0.39, 0.29) is 0 Å². The largest absolute Gasteiger partial charge is 0.428 e. The predicted molar refractivity (Wildman–Crippen MR) is 54.0 cm³/mol. The van der Waals surface area contributed by atoms with Gasteiger partial charge in [0.2, 0.25) is 0 Å². The second-order valence-electron chi connectivity index (χ2n) is 3.30. The summed E-state index contributed by atoms with van der Waals surface area (Å²) in [4.78, 5) is 3.61. The Labute approximate surface area is 86.6 Å². The first-order valence-corrected chi connectivity index (χ1v) is 4.58. The van der Waals surface area contributed by atoms with Crippen LogP contribution in [0, 0.1) is 0 Å². The van der Waals surface area contributed by atoms with Crippen molar-refractivity contribution in [1.29, 1.82) is 0 Å². The first-order valence-electron chi connectivity index (χ1n) is 4.58. The van der Waals surface area contributed by atoms with E-state index in [4.69, 9.17) is 0 Å². The maximum atomic E-state index is 12.2. The molecule has 1 aromatic rings. The molecule has 1 unspecified atom stereocenters. The van der Waals surface area contributed by atoms with Crippen LogP contribution in [0.4, 0.5) is 13.2 Å². The van der Waals surface area contributed by atoms with Gasteiger partial charge in [0.15, 0.2) is 0 Å². The minimum absolute atomic E-state index is 0.465. The molecule has 0 saturated heterocycles. The molecule has 0 aliphatic carbocycles. The van der Waals surface area contributed by atoms with Crippen molar-refractivity contribution in [2.45, 2.75) is 26.1 Å². The average molecular weight is 215 g/mol. The third-order valence-electron chi connectivity index (χ3n) is 2.08. The fourth-order valence-corrected chi connectivity index (χ4v) is 1.17. The zero-order valence-electron chi connectivity index (χ0n) is 8.55. The van der Waals surface area contributed by atoms with Gasteiger partial charge in [0.05, 0.1) is 6.04 Å². The van der Waals surface area contributed by atoms with Crippen LogP contribution in [-0.2, 0) is 0 Å². The lowest BCUT2D eigenvalue weighted by atomic mass is 10.1. The van der Waals surface area contributed by atoms with Gasteiger partial charge in [-0.3, -0.25) is 4.99 Å². The molecular weight excluding hydrogens is 203 g/mol. The normalized spacial score (nSPS) is 15.1. The summed E-state index contributed by atoms with van der Waals surface area (Å²) in [5.74, 6) is 0. The van der Waals surface area contributed by atoms with Crippen molar-refractivity contribution >= 4 is 5.71 Å². The van der Waals surface area contributed by atoms with Crippen LogP contribution in [0.2, 0.25) is 0 Å². The highest BCUT2D eigenvalue weighted by molar-refractivity contribution is 5.87. The highest BCUT2D eigenvalue weighted by atomic mass is 19.4. The summed E-state index contributed by atoms with van der Waals surface area (Å²) in [5, 5.41) is 0. The van der Waals surface area contributed by atoms with Crippen molar-refractivity contribution in [2.75, 3.05) is 0 Å². The summed E-state index contributed by atoms with van der Waals surface area (Å²) < 4.78 is 36.6. The Kier molecular flexibility index (Phi) is 3.50. The highest BCUT2D eigenvalue weighted by Gasteiger charge is 2.32. The maximum absolute atomic E-state index is 12.2. The van der Waals surface area contributed by atoms with Gasteiger partial charge in [0.1, 0.15) is 5.71 Å². The van der Waals surface area contributed by atoms with Crippen molar-refractivity contribution < 1.29 is 13.2 Å². The van der Waals surface area contributed by atoms with Gasteiger partial charge in [-0.1, -0.05) is 30.3 Å². The first kappa shape index (κ1) is 11.8. The number of nitrogens with zero attached hydrogens (tertiary/aromatic N) is 1. The summed E-state index contributed by atoms with van der Waals surface area (Å²) in [6.45, 7) is 2.63. The Bertz CT molecular complexity index is 341. The molecule has 0 bridgehead atoms. The highest BCUT2D eigenvalue weighted by Crippen LogP contribution is 2.22. The Morgan fingerprint density at radius 1 is 1.20 bits per heavy atom. The molecule has 4 heteroatoms. The molecule has 0 amide bonds. The summed E-state index contributed by atoms with van der Waals surface area (Å²) >= 11 is 0. The van der Waals surface area contributed by atoms with Gasteiger partial charge in [-0.25, -0.2) is 0 Å². The van der Waals surface area contributed by atoms with Gasteiger partial charge in [-0.15, -0.1) is 0 Å². The lowest BCUT2D eigenvalue weighted by Crippen LogP contribution is -2.20. The van der Waals surface area contributed by atoms with Crippen LogP contribution < -0.4 is 0 Å². The van der Waals surface area contributed by atoms with E-state index in [2.05, 4.69) is 4.99 Å². The molecule has 0 fully saturated rings. The van der Waals surface area contributed by atoms with Gasteiger partial charge in [0, 0.05) is 0 Å². The number of hydrogen-bond acceptors (Lipinski definition) is 1. The minimum Gasteiger partial charge on any atom is -0.277 e. The lowest BCUT2D eigenvalue weighted by molar-refractivity contribution is -0.0595. The van der Waals surface area contributed by atoms with Crippen molar-refractivity contribution in [3.8, 4) is 0 Å². The van der Waals surface area contributed by atoms with E-state index in [0.29, 0.717) is 0 Å².